The topological polar surface area (TPSA) is 67.2 Å². The summed E-state index contributed by atoms with van der Waals surface area (Å²) in [6.45, 7) is 1.22. The number of likely N-dealkylation sites (tertiary alicyclic amines) is 2. The number of β-amino-alcohol motifs (C(OH)–C–C–N with tert-alkyl or cyclic N) is 2. The van der Waals surface area contributed by atoms with Gasteiger partial charge in [-0.2, -0.15) is 13.2 Å². The number of halogens is 3. The predicted molar refractivity (Wildman–Crippen MR) is 69.7 cm³/mol. The quantitative estimate of drug-likeness (QED) is 0.665. The molecule has 0 aromatic heterocycles. The van der Waals surface area contributed by atoms with Crippen LogP contribution in [0.1, 0.15) is 12.8 Å². The maximum atomic E-state index is 12.3. The van der Waals surface area contributed by atoms with E-state index in [1.807, 2.05) is 4.90 Å². The number of aliphatic hydroxyl groups is 3. The molecular formula is C13H23F3N2O3. The highest BCUT2D eigenvalue weighted by Gasteiger charge is 2.36. The number of hydrogen-bond donors (Lipinski definition) is 3. The van der Waals surface area contributed by atoms with E-state index >= 15 is 0 Å². The molecule has 21 heavy (non-hydrogen) atoms. The second kappa shape index (κ2) is 6.78. The number of nitrogens with zero attached hydrogens (tertiary/aromatic N) is 2. The molecule has 5 nitrogen and oxygen atoms in total. The Bertz CT molecular complexity index is 323. The van der Waals surface area contributed by atoms with Crippen molar-refractivity contribution in [2.24, 2.45) is 5.92 Å². The predicted octanol–water partition coefficient (Wildman–Crippen LogP) is -0.341. The second-order valence-corrected chi connectivity index (χ2v) is 6.18. The Balaban J connectivity index is 1.74. The van der Waals surface area contributed by atoms with E-state index in [1.165, 1.54) is 4.90 Å². The van der Waals surface area contributed by atoms with Crippen LogP contribution in [0.15, 0.2) is 0 Å². The Labute approximate surface area is 122 Å². The number of hydrogen-bond acceptors (Lipinski definition) is 5. The van der Waals surface area contributed by atoms with Crippen LogP contribution >= 0.6 is 0 Å². The van der Waals surface area contributed by atoms with E-state index in [0.29, 0.717) is 45.6 Å². The summed E-state index contributed by atoms with van der Waals surface area (Å²) >= 11 is 0. The zero-order valence-electron chi connectivity index (χ0n) is 11.8. The molecule has 124 valence electrons. The van der Waals surface area contributed by atoms with E-state index in [-0.39, 0.29) is 5.92 Å². The van der Waals surface area contributed by atoms with Gasteiger partial charge in [0.15, 0.2) is 0 Å². The van der Waals surface area contributed by atoms with Crippen LogP contribution < -0.4 is 0 Å². The molecular weight excluding hydrogens is 289 g/mol. The van der Waals surface area contributed by atoms with E-state index < -0.39 is 31.0 Å². The van der Waals surface area contributed by atoms with Crippen molar-refractivity contribution in [2.75, 3.05) is 39.3 Å². The molecule has 2 fully saturated rings. The monoisotopic (exact) mass is 312 g/mol. The number of alkyl halides is 3. The summed E-state index contributed by atoms with van der Waals surface area (Å²) in [6.07, 6.45) is -5.85. The van der Waals surface area contributed by atoms with E-state index in [4.69, 9.17) is 0 Å². The van der Waals surface area contributed by atoms with Gasteiger partial charge in [0.2, 0.25) is 0 Å². The lowest BCUT2D eigenvalue weighted by atomic mass is 9.94. The van der Waals surface area contributed by atoms with Crippen molar-refractivity contribution in [1.29, 1.82) is 0 Å². The van der Waals surface area contributed by atoms with Gasteiger partial charge in [-0.15, -0.1) is 0 Å². The molecule has 3 atom stereocenters. The normalized spacial score (nSPS) is 34.3. The SMILES string of the molecule is O[C@H]1[C@H](O)CN(CC2CCN(CC(F)(F)F)CC2)C[C@@H]1O. The molecule has 0 aromatic rings. The molecule has 2 aliphatic heterocycles. The average Bonchev–Trinajstić information content (AvgIpc) is 2.36. The summed E-state index contributed by atoms with van der Waals surface area (Å²) < 4.78 is 36.9. The Morgan fingerprint density at radius 2 is 1.43 bits per heavy atom. The second-order valence-electron chi connectivity index (χ2n) is 6.18. The number of aliphatic hydroxyl groups excluding tert-OH is 3. The fourth-order valence-corrected chi connectivity index (χ4v) is 3.17. The molecule has 2 saturated heterocycles. The van der Waals surface area contributed by atoms with Crippen molar-refractivity contribution in [2.45, 2.75) is 37.3 Å². The van der Waals surface area contributed by atoms with Crippen LogP contribution in [0.25, 0.3) is 0 Å². The summed E-state index contributed by atoms with van der Waals surface area (Å²) in [4.78, 5) is 3.30. The largest absolute Gasteiger partial charge is 0.401 e. The van der Waals surface area contributed by atoms with Crippen molar-refractivity contribution >= 4 is 0 Å². The molecule has 0 radical (unpaired) electrons. The van der Waals surface area contributed by atoms with Gasteiger partial charge >= 0.3 is 6.18 Å². The smallest absolute Gasteiger partial charge is 0.389 e. The zero-order chi connectivity index (χ0) is 15.6. The van der Waals surface area contributed by atoms with Crippen molar-refractivity contribution in [3.63, 3.8) is 0 Å². The van der Waals surface area contributed by atoms with Gasteiger partial charge in [-0.1, -0.05) is 0 Å². The fraction of sp³-hybridized carbons (Fsp3) is 1.00. The van der Waals surface area contributed by atoms with Gasteiger partial charge in [-0.25, -0.2) is 0 Å². The fourth-order valence-electron chi connectivity index (χ4n) is 3.17. The van der Waals surface area contributed by atoms with Crippen LogP contribution in [-0.4, -0.2) is 88.9 Å². The number of rotatable bonds is 3. The highest BCUT2D eigenvalue weighted by Crippen LogP contribution is 2.24. The van der Waals surface area contributed by atoms with Gasteiger partial charge in [0.25, 0.3) is 0 Å². The molecule has 0 spiro atoms. The van der Waals surface area contributed by atoms with E-state index in [1.54, 1.807) is 0 Å². The lowest BCUT2D eigenvalue weighted by Gasteiger charge is -2.40. The molecule has 8 heteroatoms. The molecule has 0 bridgehead atoms. The molecule has 0 saturated carbocycles. The van der Waals surface area contributed by atoms with Crippen LogP contribution in [-0.2, 0) is 0 Å². The standard InChI is InChI=1S/C13H23F3N2O3/c14-13(15,16)8-17-3-1-9(2-4-17)5-18-6-10(19)12(21)11(20)7-18/h9-12,19-21H,1-8H2/t10-,11+,12+. The summed E-state index contributed by atoms with van der Waals surface area (Å²) in [7, 11) is 0. The van der Waals surface area contributed by atoms with Gasteiger partial charge < -0.3 is 15.3 Å². The molecule has 2 heterocycles. The highest BCUT2D eigenvalue weighted by atomic mass is 19.4. The minimum Gasteiger partial charge on any atom is -0.389 e. The molecule has 2 aliphatic rings. The first-order valence-electron chi connectivity index (χ1n) is 7.30. The lowest BCUT2D eigenvalue weighted by Crippen LogP contribution is -2.56. The molecule has 0 unspecified atom stereocenters. The maximum Gasteiger partial charge on any atom is 0.401 e. The molecule has 2 rings (SSSR count). The Hall–Kier alpha value is -0.410. The highest BCUT2D eigenvalue weighted by molar-refractivity contribution is 4.88. The van der Waals surface area contributed by atoms with Crippen LogP contribution in [0.3, 0.4) is 0 Å². The molecule has 3 N–H and O–H groups in total. The Morgan fingerprint density at radius 1 is 0.905 bits per heavy atom. The van der Waals surface area contributed by atoms with Crippen LogP contribution in [0.2, 0.25) is 0 Å². The molecule has 0 aliphatic carbocycles. The van der Waals surface area contributed by atoms with Crippen molar-refractivity contribution < 1.29 is 28.5 Å². The summed E-state index contributed by atoms with van der Waals surface area (Å²) in [6, 6.07) is 0. The Morgan fingerprint density at radius 3 is 1.90 bits per heavy atom. The van der Waals surface area contributed by atoms with E-state index in [9.17, 15) is 28.5 Å². The minimum atomic E-state index is -4.15. The maximum absolute atomic E-state index is 12.3. The Kier molecular flexibility index (Phi) is 5.48. The first-order chi connectivity index (χ1) is 9.74. The molecule has 0 aromatic carbocycles. The van der Waals surface area contributed by atoms with Gasteiger partial charge in [-0.3, -0.25) is 9.80 Å². The van der Waals surface area contributed by atoms with Gasteiger partial charge in [-0.05, 0) is 31.8 Å². The van der Waals surface area contributed by atoms with Gasteiger partial charge in [0.1, 0.15) is 6.10 Å². The minimum absolute atomic E-state index is 0.268. The van der Waals surface area contributed by atoms with Crippen molar-refractivity contribution in [3.05, 3.63) is 0 Å². The molecule has 0 amide bonds. The van der Waals surface area contributed by atoms with Gasteiger partial charge in [0.05, 0.1) is 18.8 Å². The third-order valence-electron chi connectivity index (χ3n) is 4.31. The lowest BCUT2D eigenvalue weighted by molar-refractivity contribution is -0.149. The summed E-state index contributed by atoms with van der Waals surface area (Å²) in [5.41, 5.74) is 0. The van der Waals surface area contributed by atoms with Gasteiger partial charge in [0, 0.05) is 19.6 Å². The van der Waals surface area contributed by atoms with Crippen molar-refractivity contribution in [3.8, 4) is 0 Å². The first kappa shape index (κ1) is 17.0. The van der Waals surface area contributed by atoms with E-state index in [0.717, 1.165) is 0 Å². The summed E-state index contributed by atoms with van der Waals surface area (Å²) in [5.74, 6) is 0.268. The third-order valence-corrected chi connectivity index (χ3v) is 4.31. The number of piperidine rings is 2. The average molecular weight is 312 g/mol. The first-order valence-corrected chi connectivity index (χ1v) is 7.30. The summed E-state index contributed by atoms with van der Waals surface area (Å²) in [5, 5.41) is 28.7. The van der Waals surface area contributed by atoms with Crippen molar-refractivity contribution in [1.82, 2.24) is 9.80 Å². The third kappa shape index (κ3) is 5.07. The van der Waals surface area contributed by atoms with E-state index in [2.05, 4.69) is 0 Å². The van der Waals surface area contributed by atoms with Crippen LogP contribution in [0.4, 0.5) is 13.2 Å². The zero-order valence-corrected chi connectivity index (χ0v) is 11.8. The van der Waals surface area contributed by atoms with Crippen LogP contribution in [0.5, 0.6) is 0 Å². The van der Waals surface area contributed by atoms with Crippen LogP contribution in [0, 0.1) is 5.92 Å².